The minimum absolute atomic E-state index is 0.162. The zero-order chi connectivity index (χ0) is 21.4. The van der Waals surface area contributed by atoms with Gasteiger partial charge in [-0.1, -0.05) is 6.07 Å². The molecule has 3 fully saturated rings. The standard InChI is InChI=1S/C24H29F2N3OS/c25-19-12-18(13-20(26)14-19)16-27-5-3-24(4-6-27)15-22(24)23(30)29-9-7-28(8-10-29)17-21-2-1-11-31-21/h1-2,11-14,22H,3-10,15-17H2. The van der Waals surface area contributed by atoms with Gasteiger partial charge in [0.05, 0.1) is 0 Å². The maximum Gasteiger partial charge on any atom is 0.226 e. The van der Waals surface area contributed by atoms with E-state index in [1.807, 2.05) is 0 Å². The van der Waals surface area contributed by atoms with Gasteiger partial charge in [-0.2, -0.15) is 0 Å². The Morgan fingerprint density at radius 1 is 0.968 bits per heavy atom. The molecule has 166 valence electrons. The molecular formula is C24H29F2N3OS. The van der Waals surface area contributed by atoms with E-state index in [1.165, 1.54) is 17.0 Å². The lowest BCUT2D eigenvalue weighted by molar-refractivity contribution is -0.135. The average Bonchev–Trinajstić information content (AvgIpc) is 3.18. The van der Waals surface area contributed by atoms with Crippen LogP contribution in [-0.4, -0.2) is 59.9 Å². The van der Waals surface area contributed by atoms with Crippen molar-refractivity contribution in [3.05, 3.63) is 57.8 Å². The first-order chi connectivity index (χ1) is 15.0. The summed E-state index contributed by atoms with van der Waals surface area (Å²) >= 11 is 1.79. The number of thiophene rings is 1. The Hall–Kier alpha value is -1.83. The highest BCUT2D eigenvalue weighted by atomic mass is 32.1. The van der Waals surface area contributed by atoms with E-state index < -0.39 is 11.6 Å². The monoisotopic (exact) mass is 445 g/mol. The lowest BCUT2D eigenvalue weighted by atomic mass is 9.90. The van der Waals surface area contributed by atoms with Gasteiger partial charge in [0.1, 0.15) is 11.6 Å². The van der Waals surface area contributed by atoms with Crippen LogP contribution < -0.4 is 0 Å². The molecule has 3 heterocycles. The molecule has 2 aliphatic heterocycles. The fourth-order valence-electron chi connectivity index (χ4n) is 5.34. The van der Waals surface area contributed by atoms with Crippen LogP contribution in [0.3, 0.4) is 0 Å². The van der Waals surface area contributed by atoms with Crippen LogP contribution in [0.4, 0.5) is 8.78 Å². The maximum absolute atomic E-state index is 13.4. The molecule has 1 aromatic heterocycles. The Balaban J connectivity index is 1.09. The minimum Gasteiger partial charge on any atom is -0.340 e. The molecular weight excluding hydrogens is 416 g/mol. The number of piperazine rings is 1. The molecule has 1 saturated carbocycles. The van der Waals surface area contributed by atoms with Crippen molar-refractivity contribution in [3.8, 4) is 0 Å². The predicted molar refractivity (Wildman–Crippen MR) is 118 cm³/mol. The number of rotatable bonds is 5. The largest absolute Gasteiger partial charge is 0.340 e. The first kappa shape index (κ1) is 21.0. The molecule has 3 aliphatic rings. The van der Waals surface area contributed by atoms with E-state index in [0.717, 1.165) is 71.1 Å². The van der Waals surface area contributed by atoms with Gasteiger partial charge in [0.2, 0.25) is 5.91 Å². The van der Waals surface area contributed by atoms with Gasteiger partial charge < -0.3 is 4.90 Å². The summed E-state index contributed by atoms with van der Waals surface area (Å²) in [4.78, 5) is 21.3. The third kappa shape index (κ3) is 4.69. The van der Waals surface area contributed by atoms with Crippen molar-refractivity contribution in [2.24, 2.45) is 11.3 Å². The second kappa shape index (κ2) is 8.60. The Kier molecular flexibility index (Phi) is 5.84. The van der Waals surface area contributed by atoms with Gasteiger partial charge in [0.25, 0.3) is 0 Å². The van der Waals surface area contributed by atoms with Crippen LogP contribution in [0.1, 0.15) is 29.7 Å². The molecule has 2 saturated heterocycles. The topological polar surface area (TPSA) is 26.8 Å². The fourth-order valence-corrected chi connectivity index (χ4v) is 6.08. The Bertz CT molecular complexity index is 899. The summed E-state index contributed by atoms with van der Waals surface area (Å²) in [7, 11) is 0. The van der Waals surface area contributed by atoms with Crippen LogP contribution >= 0.6 is 11.3 Å². The minimum atomic E-state index is -0.521. The second-order valence-electron chi connectivity index (χ2n) is 9.35. The Morgan fingerprint density at radius 2 is 1.65 bits per heavy atom. The first-order valence-corrected chi connectivity index (χ1v) is 12.1. The number of benzene rings is 1. The van der Waals surface area contributed by atoms with Crippen molar-refractivity contribution in [1.82, 2.24) is 14.7 Å². The molecule has 0 radical (unpaired) electrons. The molecule has 1 spiro atoms. The maximum atomic E-state index is 13.4. The number of likely N-dealkylation sites (tertiary alicyclic amines) is 1. The van der Waals surface area contributed by atoms with Crippen LogP contribution in [0, 0.1) is 23.0 Å². The molecule has 4 nitrogen and oxygen atoms in total. The van der Waals surface area contributed by atoms with Gasteiger partial charge >= 0.3 is 0 Å². The lowest BCUT2D eigenvalue weighted by Gasteiger charge is -2.36. The Morgan fingerprint density at radius 3 is 2.29 bits per heavy atom. The average molecular weight is 446 g/mol. The molecule has 31 heavy (non-hydrogen) atoms. The highest BCUT2D eigenvalue weighted by Gasteiger charge is 2.59. The zero-order valence-electron chi connectivity index (χ0n) is 17.7. The van der Waals surface area contributed by atoms with Crippen LogP contribution in [0.15, 0.2) is 35.7 Å². The first-order valence-electron chi connectivity index (χ1n) is 11.2. The van der Waals surface area contributed by atoms with Crippen LogP contribution in [0.2, 0.25) is 0 Å². The van der Waals surface area contributed by atoms with Crippen molar-refractivity contribution in [1.29, 1.82) is 0 Å². The van der Waals surface area contributed by atoms with Crippen molar-refractivity contribution in [2.75, 3.05) is 39.3 Å². The van der Waals surface area contributed by atoms with Crippen molar-refractivity contribution in [2.45, 2.75) is 32.4 Å². The van der Waals surface area contributed by atoms with Crippen LogP contribution in [0.5, 0.6) is 0 Å². The molecule has 1 atom stereocenters. The summed E-state index contributed by atoms with van der Waals surface area (Å²) in [6.07, 6.45) is 3.00. The number of carbonyl (C=O) groups is 1. The van der Waals surface area contributed by atoms with Gasteiger partial charge in [-0.15, -0.1) is 11.3 Å². The van der Waals surface area contributed by atoms with Crippen molar-refractivity contribution in [3.63, 3.8) is 0 Å². The highest BCUT2D eigenvalue weighted by molar-refractivity contribution is 7.09. The van der Waals surface area contributed by atoms with E-state index in [4.69, 9.17) is 0 Å². The summed E-state index contributed by atoms with van der Waals surface area (Å²) in [6, 6.07) is 8.00. The van der Waals surface area contributed by atoms with E-state index in [1.54, 1.807) is 11.3 Å². The SMILES string of the molecule is O=C(C1CC12CCN(Cc1cc(F)cc(F)c1)CC2)N1CCN(Cc2cccs2)CC1. The smallest absolute Gasteiger partial charge is 0.226 e. The van der Waals surface area contributed by atoms with E-state index in [2.05, 4.69) is 32.2 Å². The summed E-state index contributed by atoms with van der Waals surface area (Å²) in [5.74, 6) is -0.528. The molecule has 1 aliphatic carbocycles. The third-order valence-electron chi connectivity index (χ3n) is 7.31. The van der Waals surface area contributed by atoms with E-state index >= 15 is 0 Å². The number of halogens is 2. The van der Waals surface area contributed by atoms with Gasteiger partial charge in [0, 0.05) is 56.1 Å². The zero-order valence-corrected chi connectivity index (χ0v) is 18.6. The quantitative estimate of drug-likeness (QED) is 0.697. The summed E-state index contributed by atoms with van der Waals surface area (Å²) < 4.78 is 26.9. The van der Waals surface area contributed by atoms with E-state index in [-0.39, 0.29) is 11.3 Å². The van der Waals surface area contributed by atoms with Gasteiger partial charge in [0.15, 0.2) is 0 Å². The number of hydrogen-bond donors (Lipinski definition) is 0. The van der Waals surface area contributed by atoms with Crippen LogP contribution in [0.25, 0.3) is 0 Å². The molecule has 0 bridgehead atoms. The number of piperidine rings is 1. The molecule has 1 amide bonds. The Labute approximate surface area is 186 Å². The number of amides is 1. The molecule has 2 aromatic rings. The predicted octanol–water partition coefficient (Wildman–Crippen LogP) is 3.97. The van der Waals surface area contributed by atoms with Gasteiger partial charge in [-0.25, -0.2) is 8.78 Å². The third-order valence-corrected chi connectivity index (χ3v) is 8.17. The lowest BCUT2D eigenvalue weighted by Crippen LogP contribution is -2.49. The fraction of sp³-hybridized carbons (Fsp3) is 0.542. The molecule has 0 N–H and O–H groups in total. The molecule has 7 heteroatoms. The summed E-state index contributed by atoms with van der Waals surface area (Å²) in [5, 5.41) is 2.11. The molecule has 5 rings (SSSR count). The van der Waals surface area contributed by atoms with Crippen LogP contribution in [-0.2, 0) is 17.9 Å². The van der Waals surface area contributed by atoms with E-state index in [9.17, 15) is 13.6 Å². The number of carbonyl (C=O) groups excluding carboxylic acids is 1. The van der Waals surface area contributed by atoms with Gasteiger partial charge in [-0.3, -0.25) is 14.6 Å². The molecule has 1 aromatic carbocycles. The summed E-state index contributed by atoms with van der Waals surface area (Å²) in [6.45, 7) is 6.87. The highest BCUT2D eigenvalue weighted by Crippen LogP contribution is 2.60. The van der Waals surface area contributed by atoms with E-state index in [0.29, 0.717) is 18.0 Å². The van der Waals surface area contributed by atoms with Crippen molar-refractivity contribution < 1.29 is 13.6 Å². The summed E-state index contributed by atoms with van der Waals surface area (Å²) in [5.41, 5.74) is 0.840. The number of nitrogens with zero attached hydrogens (tertiary/aromatic N) is 3. The number of hydrogen-bond acceptors (Lipinski definition) is 4. The van der Waals surface area contributed by atoms with Gasteiger partial charge in [-0.05, 0) is 66.9 Å². The van der Waals surface area contributed by atoms with Crippen molar-refractivity contribution >= 4 is 17.2 Å². The molecule has 1 unspecified atom stereocenters. The second-order valence-corrected chi connectivity index (χ2v) is 10.4. The normalized spacial score (nSPS) is 23.9.